The number of piperidine rings is 1. The molecule has 1 aliphatic heterocycles. The molecule has 1 aliphatic rings. The second kappa shape index (κ2) is 6.58. The highest BCUT2D eigenvalue weighted by molar-refractivity contribution is 5.77. The topological polar surface area (TPSA) is 74.0 Å². The summed E-state index contributed by atoms with van der Waals surface area (Å²) in [6, 6.07) is 13.5. The summed E-state index contributed by atoms with van der Waals surface area (Å²) < 4.78 is 0. The molecule has 2 atom stereocenters. The number of carbonyl (C=O) groups excluding carboxylic acids is 1. The van der Waals surface area contributed by atoms with Gasteiger partial charge in [0.05, 0.1) is 6.04 Å². The first-order valence-electron chi connectivity index (χ1n) is 7.48. The number of hydrogen-bond donors (Lipinski definition) is 3. The third-order valence-corrected chi connectivity index (χ3v) is 3.98. The van der Waals surface area contributed by atoms with Crippen molar-refractivity contribution in [2.75, 3.05) is 0 Å². The lowest BCUT2D eigenvalue weighted by Gasteiger charge is -2.33. The summed E-state index contributed by atoms with van der Waals surface area (Å²) in [7, 11) is 0. The predicted octanol–water partition coefficient (Wildman–Crippen LogP) is 1.48. The SMILES string of the molecule is O=C1CC[C@@H](NCc2ccc(=O)[nH]c2)[C@H](c2ccccc2)N1. The number of carbonyl (C=O) groups is 1. The van der Waals surface area contributed by atoms with Crippen molar-refractivity contribution < 1.29 is 4.79 Å². The minimum atomic E-state index is -0.101. The number of rotatable bonds is 4. The Bertz CT molecular complexity index is 676. The average Bonchev–Trinajstić information content (AvgIpc) is 2.56. The number of hydrogen-bond acceptors (Lipinski definition) is 3. The van der Waals surface area contributed by atoms with Gasteiger partial charge in [-0.25, -0.2) is 0 Å². The highest BCUT2D eigenvalue weighted by Gasteiger charge is 2.29. The van der Waals surface area contributed by atoms with Crippen LogP contribution in [0.4, 0.5) is 0 Å². The lowest BCUT2D eigenvalue weighted by Crippen LogP contribution is -2.48. The Morgan fingerprint density at radius 3 is 2.64 bits per heavy atom. The van der Waals surface area contributed by atoms with Crippen LogP contribution in [0, 0.1) is 0 Å². The third-order valence-electron chi connectivity index (χ3n) is 3.98. The summed E-state index contributed by atoms with van der Waals surface area (Å²) in [5.74, 6) is 0.0935. The van der Waals surface area contributed by atoms with Gasteiger partial charge in [-0.1, -0.05) is 36.4 Å². The second-order valence-corrected chi connectivity index (χ2v) is 5.54. The number of amides is 1. The van der Waals surface area contributed by atoms with Crippen LogP contribution < -0.4 is 16.2 Å². The molecule has 0 aliphatic carbocycles. The van der Waals surface area contributed by atoms with Crippen LogP contribution in [0.1, 0.15) is 30.0 Å². The van der Waals surface area contributed by atoms with E-state index in [2.05, 4.69) is 15.6 Å². The minimum absolute atomic E-state index is 0.0230. The Kier molecular flexibility index (Phi) is 4.34. The van der Waals surface area contributed by atoms with Gasteiger partial charge in [-0.15, -0.1) is 0 Å². The van der Waals surface area contributed by atoms with Gasteiger partial charge in [0.2, 0.25) is 11.5 Å². The maximum absolute atomic E-state index is 11.7. The lowest BCUT2D eigenvalue weighted by atomic mass is 9.92. The van der Waals surface area contributed by atoms with E-state index in [4.69, 9.17) is 0 Å². The molecule has 1 fully saturated rings. The fourth-order valence-electron chi connectivity index (χ4n) is 2.80. The normalized spacial score (nSPS) is 21.4. The van der Waals surface area contributed by atoms with Crippen molar-refractivity contribution in [2.45, 2.75) is 31.5 Å². The second-order valence-electron chi connectivity index (χ2n) is 5.54. The van der Waals surface area contributed by atoms with Crippen molar-refractivity contribution in [1.29, 1.82) is 0 Å². The zero-order valence-corrected chi connectivity index (χ0v) is 12.2. The summed E-state index contributed by atoms with van der Waals surface area (Å²) in [6.07, 6.45) is 3.05. The maximum Gasteiger partial charge on any atom is 0.247 e. The van der Waals surface area contributed by atoms with Crippen LogP contribution in [0.2, 0.25) is 0 Å². The first-order chi connectivity index (χ1) is 10.7. The summed E-state index contributed by atoms with van der Waals surface area (Å²) in [5.41, 5.74) is 2.02. The number of aromatic amines is 1. The molecule has 5 heteroatoms. The number of pyridine rings is 1. The van der Waals surface area contributed by atoms with Crippen molar-refractivity contribution in [3.8, 4) is 0 Å². The molecule has 3 rings (SSSR count). The molecule has 22 heavy (non-hydrogen) atoms. The molecule has 1 amide bonds. The van der Waals surface area contributed by atoms with Crippen LogP contribution in [-0.2, 0) is 11.3 Å². The molecular weight excluding hydrogens is 278 g/mol. The smallest absolute Gasteiger partial charge is 0.247 e. The average molecular weight is 297 g/mol. The van der Waals surface area contributed by atoms with E-state index in [-0.39, 0.29) is 23.6 Å². The first kappa shape index (κ1) is 14.5. The number of aromatic nitrogens is 1. The molecule has 1 aromatic heterocycles. The van der Waals surface area contributed by atoms with Crippen LogP contribution in [0.25, 0.3) is 0 Å². The molecule has 3 N–H and O–H groups in total. The molecule has 2 aromatic rings. The fraction of sp³-hybridized carbons (Fsp3) is 0.294. The van der Waals surface area contributed by atoms with E-state index in [0.29, 0.717) is 13.0 Å². The molecule has 5 nitrogen and oxygen atoms in total. The molecule has 1 saturated heterocycles. The van der Waals surface area contributed by atoms with Gasteiger partial charge >= 0.3 is 0 Å². The summed E-state index contributed by atoms with van der Waals surface area (Å²) in [6.45, 7) is 0.653. The maximum atomic E-state index is 11.7. The Morgan fingerprint density at radius 2 is 1.91 bits per heavy atom. The zero-order valence-electron chi connectivity index (χ0n) is 12.2. The van der Waals surface area contributed by atoms with Gasteiger partial charge in [0, 0.05) is 31.3 Å². The number of benzene rings is 1. The Balaban J connectivity index is 1.71. The Labute approximate surface area is 128 Å². The Hall–Kier alpha value is -2.40. The standard InChI is InChI=1S/C17H19N3O2/c21-15-8-6-12(11-19-15)10-18-14-7-9-16(22)20-17(14)13-4-2-1-3-5-13/h1-6,8,11,14,17-18H,7,9-10H2,(H,19,21)(H,20,22)/t14-,17+/m1/s1. The molecule has 114 valence electrons. The molecular formula is C17H19N3O2. The quantitative estimate of drug-likeness (QED) is 0.800. The van der Waals surface area contributed by atoms with Crippen LogP contribution in [0.5, 0.6) is 0 Å². The highest BCUT2D eigenvalue weighted by Crippen LogP contribution is 2.24. The van der Waals surface area contributed by atoms with Crippen molar-refractivity contribution in [3.05, 3.63) is 70.1 Å². The molecule has 0 bridgehead atoms. The third kappa shape index (κ3) is 3.43. The van der Waals surface area contributed by atoms with Crippen LogP contribution in [0.3, 0.4) is 0 Å². The van der Waals surface area contributed by atoms with E-state index < -0.39 is 0 Å². The van der Waals surface area contributed by atoms with Crippen molar-refractivity contribution in [1.82, 2.24) is 15.6 Å². The first-order valence-corrected chi connectivity index (χ1v) is 7.48. The van der Waals surface area contributed by atoms with Crippen molar-refractivity contribution in [2.24, 2.45) is 0 Å². The van der Waals surface area contributed by atoms with Gasteiger partial charge in [0.15, 0.2) is 0 Å². The largest absolute Gasteiger partial charge is 0.348 e. The van der Waals surface area contributed by atoms with Gasteiger partial charge in [-0.3, -0.25) is 9.59 Å². The van der Waals surface area contributed by atoms with Crippen molar-refractivity contribution in [3.63, 3.8) is 0 Å². The molecule has 1 aromatic carbocycles. The van der Waals surface area contributed by atoms with E-state index in [1.54, 1.807) is 6.20 Å². The molecule has 0 spiro atoms. The molecule has 0 unspecified atom stereocenters. The molecule has 2 heterocycles. The van der Waals surface area contributed by atoms with Gasteiger partial charge in [0.25, 0.3) is 0 Å². The lowest BCUT2D eigenvalue weighted by molar-refractivity contribution is -0.123. The van der Waals surface area contributed by atoms with Gasteiger partial charge < -0.3 is 15.6 Å². The van der Waals surface area contributed by atoms with Gasteiger partial charge in [-0.2, -0.15) is 0 Å². The zero-order chi connectivity index (χ0) is 15.4. The fourth-order valence-corrected chi connectivity index (χ4v) is 2.80. The van der Waals surface area contributed by atoms with E-state index >= 15 is 0 Å². The monoisotopic (exact) mass is 297 g/mol. The minimum Gasteiger partial charge on any atom is -0.348 e. The molecule has 0 saturated carbocycles. The van der Waals surface area contributed by atoms with Crippen LogP contribution in [0.15, 0.2) is 53.5 Å². The van der Waals surface area contributed by atoms with E-state index in [1.807, 2.05) is 36.4 Å². The Morgan fingerprint density at radius 1 is 1.09 bits per heavy atom. The van der Waals surface area contributed by atoms with Crippen LogP contribution >= 0.6 is 0 Å². The van der Waals surface area contributed by atoms with Gasteiger partial charge in [0.1, 0.15) is 0 Å². The van der Waals surface area contributed by atoms with E-state index in [1.165, 1.54) is 6.07 Å². The number of H-pyrrole nitrogens is 1. The number of nitrogens with one attached hydrogen (secondary N) is 3. The molecule has 0 radical (unpaired) electrons. The van der Waals surface area contributed by atoms with Crippen molar-refractivity contribution >= 4 is 5.91 Å². The summed E-state index contributed by atoms with van der Waals surface area (Å²) >= 11 is 0. The summed E-state index contributed by atoms with van der Waals surface area (Å²) in [4.78, 5) is 25.5. The summed E-state index contributed by atoms with van der Waals surface area (Å²) in [5, 5.41) is 6.56. The highest BCUT2D eigenvalue weighted by atomic mass is 16.1. The van der Waals surface area contributed by atoms with Crippen LogP contribution in [-0.4, -0.2) is 16.9 Å². The van der Waals surface area contributed by atoms with E-state index in [9.17, 15) is 9.59 Å². The predicted molar refractivity (Wildman–Crippen MR) is 84.3 cm³/mol. The van der Waals surface area contributed by atoms with E-state index in [0.717, 1.165) is 17.5 Å². The van der Waals surface area contributed by atoms with Gasteiger partial charge in [-0.05, 0) is 17.5 Å².